The first-order valence-electron chi connectivity index (χ1n) is 8.98. The second-order valence-electron chi connectivity index (χ2n) is 6.89. The summed E-state index contributed by atoms with van der Waals surface area (Å²) >= 11 is 0. The molecule has 0 spiro atoms. The van der Waals surface area contributed by atoms with E-state index < -0.39 is 0 Å². The van der Waals surface area contributed by atoms with Crippen LogP contribution >= 0.6 is 0 Å². The molecule has 0 aromatic carbocycles. The van der Waals surface area contributed by atoms with Crippen molar-refractivity contribution in [2.45, 2.75) is 38.8 Å². The third kappa shape index (κ3) is 3.00. The Hall–Kier alpha value is -2.06. The van der Waals surface area contributed by atoms with Gasteiger partial charge in [-0.25, -0.2) is 4.98 Å². The summed E-state index contributed by atoms with van der Waals surface area (Å²) in [5.41, 5.74) is 0.855. The van der Waals surface area contributed by atoms with E-state index in [1.54, 1.807) is 4.40 Å². The van der Waals surface area contributed by atoms with Crippen molar-refractivity contribution in [1.82, 2.24) is 29.4 Å². The van der Waals surface area contributed by atoms with Gasteiger partial charge in [-0.3, -0.25) is 14.1 Å². The first kappa shape index (κ1) is 16.4. The van der Waals surface area contributed by atoms with E-state index in [1.807, 2.05) is 24.1 Å². The van der Waals surface area contributed by atoms with Crippen molar-refractivity contribution in [1.29, 1.82) is 0 Å². The van der Waals surface area contributed by atoms with Crippen molar-refractivity contribution in [3.63, 3.8) is 0 Å². The zero-order valence-corrected chi connectivity index (χ0v) is 14.8. The SMILES string of the molecule is CCC[C@H]1COC[C@H]2CN(C(=O)c3nnc4nc(C)ccn34)CCN12. The third-order valence-electron chi connectivity index (χ3n) is 5.14. The van der Waals surface area contributed by atoms with Gasteiger partial charge in [0.05, 0.1) is 19.3 Å². The molecule has 2 aromatic rings. The molecule has 0 unspecified atom stereocenters. The Morgan fingerprint density at radius 3 is 3.04 bits per heavy atom. The highest BCUT2D eigenvalue weighted by atomic mass is 16.5. The number of piperazine rings is 1. The molecule has 0 saturated carbocycles. The molecule has 25 heavy (non-hydrogen) atoms. The molecular weight excluding hydrogens is 320 g/mol. The van der Waals surface area contributed by atoms with E-state index in [4.69, 9.17) is 4.74 Å². The standard InChI is InChI=1S/C17H24N6O2/c1-3-4-13-10-25-11-14-9-21(7-8-22(13)14)16(24)15-19-20-17-18-12(2)5-6-23(15)17/h5-6,13-14H,3-4,7-11H2,1-2H3/t13-,14+/m0/s1. The summed E-state index contributed by atoms with van der Waals surface area (Å²) in [6.45, 7) is 7.86. The number of hydrogen-bond acceptors (Lipinski definition) is 6. The summed E-state index contributed by atoms with van der Waals surface area (Å²) in [6.07, 6.45) is 4.10. The second kappa shape index (κ2) is 6.68. The average Bonchev–Trinajstić information content (AvgIpc) is 3.04. The average molecular weight is 344 g/mol. The summed E-state index contributed by atoms with van der Waals surface area (Å²) in [5, 5.41) is 8.11. The normalized spacial score (nSPS) is 24.5. The molecule has 4 rings (SSSR count). The van der Waals surface area contributed by atoms with Gasteiger partial charge >= 0.3 is 0 Å². The van der Waals surface area contributed by atoms with Gasteiger partial charge in [-0.05, 0) is 19.4 Å². The third-order valence-corrected chi connectivity index (χ3v) is 5.14. The van der Waals surface area contributed by atoms with Crippen molar-refractivity contribution in [2.75, 3.05) is 32.8 Å². The lowest BCUT2D eigenvalue weighted by molar-refractivity contribution is -0.0777. The molecule has 2 aromatic heterocycles. The maximum Gasteiger partial charge on any atom is 0.292 e. The highest BCUT2D eigenvalue weighted by Gasteiger charge is 2.37. The van der Waals surface area contributed by atoms with Gasteiger partial charge in [-0.15, -0.1) is 10.2 Å². The van der Waals surface area contributed by atoms with Crippen molar-refractivity contribution in [3.8, 4) is 0 Å². The van der Waals surface area contributed by atoms with Gasteiger partial charge in [0.15, 0.2) is 0 Å². The highest BCUT2D eigenvalue weighted by Crippen LogP contribution is 2.22. The Morgan fingerprint density at radius 2 is 2.20 bits per heavy atom. The molecule has 8 nitrogen and oxygen atoms in total. The predicted molar refractivity (Wildman–Crippen MR) is 91.4 cm³/mol. The molecule has 2 aliphatic rings. The molecule has 2 fully saturated rings. The molecule has 2 saturated heterocycles. The molecule has 8 heteroatoms. The van der Waals surface area contributed by atoms with Gasteiger partial charge in [0, 0.05) is 37.6 Å². The first-order valence-corrected chi connectivity index (χ1v) is 8.98. The molecule has 0 N–H and O–H groups in total. The number of amides is 1. The van der Waals surface area contributed by atoms with E-state index in [0.717, 1.165) is 31.7 Å². The zero-order chi connectivity index (χ0) is 17.4. The van der Waals surface area contributed by atoms with E-state index in [2.05, 4.69) is 27.0 Å². The van der Waals surface area contributed by atoms with Crippen LogP contribution in [0.5, 0.6) is 0 Å². The Balaban J connectivity index is 1.52. The van der Waals surface area contributed by atoms with Crippen molar-refractivity contribution < 1.29 is 9.53 Å². The van der Waals surface area contributed by atoms with Crippen LogP contribution in [0.4, 0.5) is 0 Å². The van der Waals surface area contributed by atoms with E-state index in [9.17, 15) is 4.79 Å². The first-order chi connectivity index (χ1) is 12.2. The van der Waals surface area contributed by atoms with Crippen LogP contribution in [0.3, 0.4) is 0 Å². The van der Waals surface area contributed by atoms with Crippen molar-refractivity contribution in [3.05, 3.63) is 23.8 Å². The van der Waals surface area contributed by atoms with Crippen LogP contribution in [0.15, 0.2) is 12.3 Å². The Labute approximate surface area is 146 Å². The maximum atomic E-state index is 13.0. The van der Waals surface area contributed by atoms with Crippen LogP contribution in [0.25, 0.3) is 5.78 Å². The fourth-order valence-corrected chi connectivity index (χ4v) is 3.86. The van der Waals surface area contributed by atoms with Gasteiger partial charge < -0.3 is 9.64 Å². The number of nitrogens with zero attached hydrogens (tertiary/aromatic N) is 6. The van der Waals surface area contributed by atoms with Gasteiger partial charge in [-0.2, -0.15) is 0 Å². The molecule has 1 amide bonds. The number of rotatable bonds is 3. The molecule has 0 bridgehead atoms. The van der Waals surface area contributed by atoms with Crippen molar-refractivity contribution >= 4 is 11.7 Å². The van der Waals surface area contributed by atoms with E-state index >= 15 is 0 Å². The summed E-state index contributed by atoms with van der Waals surface area (Å²) in [6, 6.07) is 2.60. The lowest BCUT2D eigenvalue weighted by atomic mass is 10.0. The number of aryl methyl sites for hydroxylation is 1. The van der Waals surface area contributed by atoms with Gasteiger partial charge in [0.2, 0.25) is 5.82 Å². The lowest BCUT2D eigenvalue weighted by Crippen LogP contribution is -2.62. The van der Waals surface area contributed by atoms with Crippen LogP contribution in [0, 0.1) is 6.92 Å². The topological polar surface area (TPSA) is 75.9 Å². The van der Waals surface area contributed by atoms with Crippen molar-refractivity contribution in [2.24, 2.45) is 0 Å². The quantitative estimate of drug-likeness (QED) is 0.818. The number of hydrogen-bond donors (Lipinski definition) is 0. The largest absolute Gasteiger partial charge is 0.378 e. The molecule has 4 heterocycles. The summed E-state index contributed by atoms with van der Waals surface area (Å²) in [7, 11) is 0. The lowest BCUT2D eigenvalue weighted by Gasteiger charge is -2.47. The minimum absolute atomic E-state index is 0.0876. The summed E-state index contributed by atoms with van der Waals surface area (Å²) in [5.74, 6) is 0.708. The second-order valence-corrected chi connectivity index (χ2v) is 6.89. The van der Waals surface area contributed by atoms with Crippen LogP contribution in [0.1, 0.15) is 36.1 Å². The molecular formula is C17H24N6O2. The number of fused-ring (bicyclic) bond motifs is 2. The maximum absolute atomic E-state index is 13.0. The summed E-state index contributed by atoms with van der Waals surface area (Å²) in [4.78, 5) is 21.7. The number of aromatic nitrogens is 4. The van der Waals surface area contributed by atoms with Crippen LogP contribution in [0.2, 0.25) is 0 Å². The minimum Gasteiger partial charge on any atom is -0.378 e. The van der Waals surface area contributed by atoms with Gasteiger partial charge in [-0.1, -0.05) is 13.3 Å². The Kier molecular flexibility index (Phi) is 4.39. The minimum atomic E-state index is -0.0876. The van der Waals surface area contributed by atoms with Crippen LogP contribution < -0.4 is 0 Å². The molecule has 0 radical (unpaired) electrons. The Bertz CT molecular complexity index is 774. The van der Waals surface area contributed by atoms with Crippen LogP contribution in [-0.2, 0) is 4.74 Å². The zero-order valence-electron chi connectivity index (χ0n) is 14.8. The highest BCUT2D eigenvalue weighted by molar-refractivity contribution is 5.91. The smallest absolute Gasteiger partial charge is 0.292 e. The molecule has 0 aliphatic carbocycles. The monoisotopic (exact) mass is 344 g/mol. The van der Waals surface area contributed by atoms with E-state index in [-0.39, 0.29) is 11.9 Å². The number of ether oxygens (including phenoxy) is 1. The van der Waals surface area contributed by atoms with E-state index in [1.165, 1.54) is 0 Å². The van der Waals surface area contributed by atoms with E-state index in [0.29, 0.717) is 37.3 Å². The Morgan fingerprint density at radius 1 is 1.32 bits per heavy atom. The fourth-order valence-electron chi connectivity index (χ4n) is 3.86. The number of carbonyl (C=O) groups is 1. The van der Waals surface area contributed by atoms with Crippen LogP contribution in [-0.4, -0.2) is 80.2 Å². The fraction of sp³-hybridized carbons (Fsp3) is 0.647. The number of morpholine rings is 1. The molecule has 2 atom stereocenters. The number of carbonyl (C=O) groups excluding carboxylic acids is 1. The van der Waals surface area contributed by atoms with Gasteiger partial charge in [0.1, 0.15) is 0 Å². The van der Waals surface area contributed by atoms with Gasteiger partial charge in [0.25, 0.3) is 11.7 Å². The molecule has 2 aliphatic heterocycles. The molecule has 134 valence electrons. The summed E-state index contributed by atoms with van der Waals surface area (Å²) < 4.78 is 7.45. The predicted octanol–water partition coefficient (Wildman–Crippen LogP) is 0.758.